The summed E-state index contributed by atoms with van der Waals surface area (Å²) in [7, 11) is 0. The van der Waals surface area contributed by atoms with Gasteiger partial charge in [0.25, 0.3) is 0 Å². The highest BCUT2D eigenvalue weighted by molar-refractivity contribution is 6.05. The molecule has 1 amide bonds. The van der Waals surface area contributed by atoms with Crippen molar-refractivity contribution in [3.8, 4) is 0 Å². The first-order chi connectivity index (χ1) is 14.9. The zero-order valence-corrected chi connectivity index (χ0v) is 17.4. The molecule has 7 nitrogen and oxygen atoms in total. The number of aryl methyl sites for hydroxylation is 2. The van der Waals surface area contributed by atoms with Crippen molar-refractivity contribution in [1.82, 2.24) is 0 Å². The lowest BCUT2D eigenvalue weighted by atomic mass is 10.0. The molecule has 0 saturated carbocycles. The van der Waals surface area contributed by atoms with Crippen molar-refractivity contribution in [1.29, 1.82) is 0 Å². The first-order valence-electron chi connectivity index (χ1n) is 10.3. The van der Waals surface area contributed by atoms with Crippen LogP contribution in [0.25, 0.3) is 11.0 Å². The van der Waals surface area contributed by atoms with Crippen molar-refractivity contribution in [3.63, 3.8) is 0 Å². The Morgan fingerprint density at radius 1 is 1.16 bits per heavy atom. The normalized spacial score (nSPS) is 17.3. The quantitative estimate of drug-likeness (QED) is 0.516. The average molecular weight is 418 g/mol. The van der Waals surface area contributed by atoms with Gasteiger partial charge in [-0.25, -0.2) is 9.59 Å². The van der Waals surface area contributed by atoms with Crippen LogP contribution in [0.1, 0.15) is 39.9 Å². The molecule has 5 rings (SSSR count). The summed E-state index contributed by atoms with van der Waals surface area (Å²) in [4.78, 5) is 39.1. The summed E-state index contributed by atoms with van der Waals surface area (Å²) in [6.45, 7) is 4.70. The van der Waals surface area contributed by atoms with Gasteiger partial charge >= 0.3 is 11.6 Å². The number of carbonyl (C=O) groups excluding carboxylic acids is 2. The van der Waals surface area contributed by atoms with Gasteiger partial charge in [0.05, 0.1) is 16.9 Å². The average Bonchev–Trinajstić information content (AvgIpc) is 3.23. The molecule has 3 aromatic rings. The van der Waals surface area contributed by atoms with E-state index >= 15 is 0 Å². The summed E-state index contributed by atoms with van der Waals surface area (Å²) in [5.41, 5.74) is 4.54. The monoisotopic (exact) mass is 418 g/mol. The lowest BCUT2D eigenvalue weighted by molar-refractivity contribution is -0.117. The van der Waals surface area contributed by atoms with Crippen molar-refractivity contribution < 1.29 is 18.7 Å². The van der Waals surface area contributed by atoms with Crippen LogP contribution in [0.5, 0.6) is 0 Å². The molecule has 1 fully saturated rings. The van der Waals surface area contributed by atoms with Crippen LogP contribution in [0.2, 0.25) is 0 Å². The van der Waals surface area contributed by atoms with Crippen LogP contribution < -0.4 is 15.8 Å². The third kappa shape index (κ3) is 3.36. The third-order valence-electron chi connectivity index (χ3n) is 6.16. The van der Waals surface area contributed by atoms with Crippen molar-refractivity contribution >= 4 is 34.2 Å². The third-order valence-corrected chi connectivity index (χ3v) is 6.16. The van der Waals surface area contributed by atoms with E-state index in [0.29, 0.717) is 22.4 Å². The fourth-order valence-electron chi connectivity index (χ4n) is 4.39. The van der Waals surface area contributed by atoms with Gasteiger partial charge in [0.15, 0.2) is 0 Å². The van der Waals surface area contributed by atoms with E-state index in [2.05, 4.69) is 10.2 Å². The lowest BCUT2D eigenvalue weighted by Gasteiger charge is -2.33. The fraction of sp³-hybridized carbons (Fsp3) is 0.292. The molecule has 7 heteroatoms. The number of hydrogen-bond donors (Lipinski definition) is 1. The predicted molar refractivity (Wildman–Crippen MR) is 117 cm³/mol. The Morgan fingerprint density at radius 3 is 2.81 bits per heavy atom. The minimum absolute atomic E-state index is 0.0383. The maximum atomic E-state index is 12.7. The first kappa shape index (κ1) is 19.4. The van der Waals surface area contributed by atoms with Crippen LogP contribution in [0, 0.1) is 13.8 Å². The Labute approximate surface area is 178 Å². The summed E-state index contributed by atoms with van der Waals surface area (Å²) in [5, 5.41) is 3.65. The number of esters is 1. The number of nitrogens with one attached hydrogen (secondary N) is 1. The zero-order chi connectivity index (χ0) is 21.7. The van der Waals surface area contributed by atoms with Crippen molar-refractivity contribution in [2.24, 2.45) is 0 Å². The SMILES string of the molecule is Cc1cc2oc(=O)cc(COC(=O)c3ccc4c(c3)NC(=O)[C@H]3CCCN43)c2cc1C. The van der Waals surface area contributed by atoms with E-state index in [9.17, 15) is 14.4 Å². The number of amides is 1. The molecular formula is C24H22N2O5. The highest BCUT2D eigenvalue weighted by Crippen LogP contribution is 2.37. The molecule has 0 radical (unpaired) electrons. The molecular weight excluding hydrogens is 396 g/mol. The summed E-state index contributed by atoms with van der Waals surface area (Å²) in [6.07, 6.45) is 1.81. The molecule has 158 valence electrons. The molecule has 1 saturated heterocycles. The lowest BCUT2D eigenvalue weighted by Crippen LogP contribution is -2.43. The molecule has 0 spiro atoms. The van der Waals surface area contributed by atoms with Gasteiger partial charge in [0, 0.05) is 23.6 Å². The summed E-state index contributed by atoms with van der Waals surface area (Å²) in [6, 6.07) is 10.2. The van der Waals surface area contributed by atoms with E-state index in [-0.39, 0.29) is 18.6 Å². The molecule has 1 atom stereocenters. The van der Waals surface area contributed by atoms with Crippen LogP contribution in [0.3, 0.4) is 0 Å². The molecule has 1 N–H and O–H groups in total. The molecule has 1 aromatic heterocycles. The molecule has 0 aliphatic carbocycles. The Hall–Kier alpha value is -3.61. The smallest absolute Gasteiger partial charge is 0.338 e. The van der Waals surface area contributed by atoms with Crippen LogP contribution in [0.4, 0.5) is 11.4 Å². The predicted octanol–water partition coefficient (Wildman–Crippen LogP) is 3.69. The van der Waals surface area contributed by atoms with Crippen LogP contribution in [-0.2, 0) is 16.1 Å². The summed E-state index contributed by atoms with van der Waals surface area (Å²) in [5.74, 6) is -0.561. The first-order valence-corrected chi connectivity index (χ1v) is 10.3. The number of hydrogen-bond acceptors (Lipinski definition) is 6. The maximum Gasteiger partial charge on any atom is 0.338 e. The van der Waals surface area contributed by atoms with Gasteiger partial charge in [-0.2, -0.15) is 0 Å². The molecule has 3 heterocycles. The standard InChI is InChI=1S/C24H22N2O5/c1-13-8-17-16(11-22(27)31-21(17)9-14(13)2)12-30-24(29)15-5-6-19-18(10-15)25-23(28)20-4-3-7-26(19)20/h5-6,8-11,20H,3-4,7,12H2,1-2H3,(H,25,28)/t20-/m1/s1. The summed E-state index contributed by atoms with van der Waals surface area (Å²) >= 11 is 0. The Kier molecular flexibility index (Phi) is 4.54. The van der Waals surface area contributed by atoms with Gasteiger partial charge in [0.1, 0.15) is 18.2 Å². The molecule has 0 bridgehead atoms. The molecule has 2 aromatic carbocycles. The van der Waals surface area contributed by atoms with E-state index < -0.39 is 11.6 Å². The van der Waals surface area contributed by atoms with Crippen LogP contribution in [-0.4, -0.2) is 24.5 Å². The topological polar surface area (TPSA) is 88.8 Å². The Bertz CT molecular complexity index is 1290. The number of fused-ring (bicyclic) bond motifs is 4. The fourth-order valence-corrected chi connectivity index (χ4v) is 4.39. The second kappa shape index (κ2) is 7.27. The number of carbonyl (C=O) groups is 2. The number of ether oxygens (including phenoxy) is 1. The molecule has 31 heavy (non-hydrogen) atoms. The van der Waals surface area contributed by atoms with Gasteiger partial charge in [0.2, 0.25) is 5.91 Å². The van der Waals surface area contributed by atoms with E-state index in [4.69, 9.17) is 9.15 Å². The van der Waals surface area contributed by atoms with E-state index in [1.807, 2.05) is 32.0 Å². The van der Waals surface area contributed by atoms with Crippen molar-refractivity contribution in [2.75, 3.05) is 16.8 Å². The minimum atomic E-state index is -0.522. The minimum Gasteiger partial charge on any atom is -0.457 e. The van der Waals surface area contributed by atoms with E-state index in [0.717, 1.165) is 41.6 Å². The second-order valence-electron chi connectivity index (χ2n) is 8.17. The Morgan fingerprint density at radius 2 is 1.97 bits per heavy atom. The highest BCUT2D eigenvalue weighted by atomic mass is 16.5. The number of anilines is 2. The Balaban J connectivity index is 1.39. The van der Waals surface area contributed by atoms with Gasteiger partial charge in [-0.1, -0.05) is 0 Å². The van der Waals surface area contributed by atoms with Crippen LogP contribution in [0.15, 0.2) is 45.6 Å². The van der Waals surface area contributed by atoms with Gasteiger partial charge < -0.3 is 19.4 Å². The molecule has 2 aliphatic heterocycles. The van der Waals surface area contributed by atoms with Gasteiger partial charge in [-0.15, -0.1) is 0 Å². The van der Waals surface area contributed by atoms with Crippen molar-refractivity contribution in [2.45, 2.75) is 39.3 Å². The van der Waals surface area contributed by atoms with E-state index in [1.165, 1.54) is 6.07 Å². The van der Waals surface area contributed by atoms with Crippen LogP contribution >= 0.6 is 0 Å². The maximum absolute atomic E-state index is 12.7. The van der Waals surface area contributed by atoms with Gasteiger partial charge in [-0.05, 0) is 68.1 Å². The zero-order valence-electron chi connectivity index (χ0n) is 17.4. The second-order valence-corrected chi connectivity index (χ2v) is 8.17. The summed E-state index contributed by atoms with van der Waals surface area (Å²) < 4.78 is 10.8. The van der Waals surface area contributed by atoms with E-state index in [1.54, 1.807) is 12.1 Å². The largest absolute Gasteiger partial charge is 0.457 e. The molecule has 2 aliphatic rings. The van der Waals surface area contributed by atoms with Gasteiger partial charge in [-0.3, -0.25) is 4.79 Å². The number of rotatable bonds is 3. The highest BCUT2D eigenvalue weighted by Gasteiger charge is 2.36. The van der Waals surface area contributed by atoms with Crippen molar-refractivity contribution in [3.05, 3.63) is 69.1 Å². The number of benzene rings is 2. The number of nitrogens with zero attached hydrogens (tertiary/aromatic N) is 1. The molecule has 0 unspecified atom stereocenters.